The number of hydrogen-bond donors (Lipinski definition) is 1. The summed E-state index contributed by atoms with van der Waals surface area (Å²) in [6.45, 7) is 1.81. The molecule has 1 aromatic carbocycles. The van der Waals surface area contributed by atoms with Crippen molar-refractivity contribution in [3.63, 3.8) is 0 Å². The number of aromatic nitrogens is 1. The van der Waals surface area contributed by atoms with E-state index in [2.05, 4.69) is 10.9 Å². The average Bonchev–Trinajstić information content (AvgIpc) is 2.99. The van der Waals surface area contributed by atoms with Gasteiger partial charge in [-0.15, -0.1) is 6.42 Å². The van der Waals surface area contributed by atoms with Crippen molar-refractivity contribution >= 4 is 22.5 Å². The fraction of sp³-hybridized carbons (Fsp3) is 0.158. The number of terminal acetylenes is 1. The highest BCUT2D eigenvalue weighted by molar-refractivity contribution is 6.04. The first-order valence-corrected chi connectivity index (χ1v) is 7.08. The lowest BCUT2D eigenvalue weighted by atomic mass is 10.0. The van der Waals surface area contributed by atoms with Gasteiger partial charge >= 0.3 is 0 Å². The molecule has 2 aromatic rings. The number of allylic oxidation sites excluding steroid dienone is 4. The fourth-order valence-electron chi connectivity index (χ4n) is 2.23. The number of ketones is 2. The topological polar surface area (TPSA) is 49.9 Å². The summed E-state index contributed by atoms with van der Waals surface area (Å²) in [6.07, 6.45) is 12.2. The molecule has 1 N–H and O–H groups in total. The molecule has 0 amide bonds. The monoisotopic (exact) mass is 291 g/mol. The lowest BCUT2D eigenvalue weighted by molar-refractivity contribution is -0.115. The van der Waals surface area contributed by atoms with Gasteiger partial charge in [-0.05, 0) is 37.3 Å². The SMILES string of the molecule is C#C/C=C(\C=C/C)C(=O)CCC(=O)c1ccc2[nH]ccc2c1. The van der Waals surface area contributed by atoms with Crippen molar-refractivity contribution in [2.75, 3.05) is 0 Å². The number of benzene rings is 1. The maximum Gasteiger partial charge on any atom is 0.163 e. The van der Waals surface area contributed by atoms with Crippen molar-refractivity contribution in [1.29, 1.82) is 0 Å². The Morgan fingerprint density at radius 3 is 2.82 bits per heavy atom. The van der Waals surface area contributed by atoms with Crippen LogP contribution in [0.25, 0.3) is 10.9 Å². The van der Waals surface area contributed by atoms with E-state index in [4.69, 9.17) is 6.42 Å². The second-order valence-electron chi connectivity index (χ2n) is 4.89. The largest absolute Gasteiger partial charge is 0.361 e. The molecule has 0 aliphatic heterocycles. The van der Waals surface area contributed by atoms with Crippen LogP contribution in [-0.2, 0) is 4.79 Å². The van der Waals surface area contributed by atoms with Crippen molar-refractivity contribution in [3.05, 3.63) is 59.8 Å². The second-order valence-corrected chi connectivity index (χ2v) is 4.89. The highest BCUT2D eigenvalue weighted by atomic mass is 16.1. The van der Waals surface area contributed by atoms with Crippen LogP contribution >= 0.6 is 0 Å². The van der Waals surface area contributed by atoms with Crippen LogP contribution in [-0.4, -0.2) is 16.6 Å². The van der Waals surface area contributed by atoms with E-state index in [9.17, 15) is 9.59 Å². The molecule has 0 aliphatic carbocycles. The van der Waals surface area contributed by atoms with Crippen LogP contribution in [0.5, 0.6) is 0 Å². The first kappa shape index (κ1) is 15.5. The molecule has 0 fully saturated rings. The van der Waals surface area contributed by atoms with Gasteiger partial charge in [-0.25, -0.2) is 0 Å². The lowest BCUT2D eigenvalue weighted by Gasteiger charge is -2.02. The molecule has 0 radical (unpaired) electrons. The number of carbonyl (C=O) groups is 2. The Morgan fingerprint density at radius 2 is 2.09 bits per heavy atom. The van der Waals surface area contributed by atoms with Gasteiger partial charge in [-0.1, -0.05) is 18.1 Å². The predicted octanol–water partition coefficient (Wildman–Crippen LogP) is 3.84. The first-order chi connectivity index (χ1) is 10.7. The summed E-state index contributed by atoms with van der Waals surface area (Å²) in [5, 5.41) is 0.985. The van der Waals surface area contributed by atoms with E-state index in [1.54, 1.807) is 18.2 Å². The molecule has 3 heteroatoms. The third-order valence-corrected chi connectivity index (χ3v) is 3.36. The van der Waals surface area contributed by atoms with Gasteiger partial charge in [0.2, 0.25) is 0 Å². The van der Waals surface area contributed by atoms with Crippen LogP contribution in [0.1, 0.15) is 30.1 Å². The van der Waals surface area contributed by atoms with E-state index in [1.807, 2.05) is 31.3 Å². The number of carbonyl (C=O) groups excluding carboxylic acids is 2. The molecule has 0 spiro atoms. The van der Waals surface area contributed by atoms with Crippen LogP contribution in [0.3, 0.4) is 0 Å². The molecule has 0 aliphatic rings. The molecule has 1 aromatic heterocycles. The summed E-state index contributed by atoms with van der Waals surface area (Å²) in [4.78, 5) is 27.4. The van der Waals surface area contributed by atoms with Gasteiger partial charge in [0.1, 0.15) is 0 Å². The number of H-pyrrole nitrogens is 1. The minimum absolute atomic E-state index is 0.0445. The number of fused-ring (bicyclic) bond motifs is 1. The van der Waals surface area contributed by atoms with E-state index < -0.39 is 0 Å². The summed E-state index contributed by atoms with van der Waals surface area (Å²) < 4.78 is 0. The fourth-order valence-corrected chi connectivity index (χ4v) is 2.23. The molecular formula is C19H17NO2. The molecule has 0 saturated carbocycles. The van der Waals surface area contributed by atoms with Gasteiger partial charge in [0, 0.05) is 41.1 Å². The van der Waals surface area contributed by atoms with Gasteiger partial charge in [0.15, 0.2) is 11.6 Å². The maximum absolute atomic E-state index is 12.2. The molecule has 0 saturated heterocycles. The van der Waals surface area contributed by atoms with Crippen LogP contribution < -0.4 is 0 Å². The van der Waals surface area contributed by atoms with Gasteiger partial charge in [-0.2, -0.15) is 0 Å². The molecule has 22 heavy (non-hydrogen) atoms. The zero-order chi connectivity index (χ0) is 15.9. The van der Waals surface area contributed by atoms with Crippen molar-refractivity contribution < 1.29 is 9.59 Å². The quantitative estimate of drug-likeness (QED) is 0.380. The third kappa shape index (κ3) is 3.62. The lowest BCUT2D eigenvalue weighted by Crippen LogP contribution is -2.06. The normalized spacial score (nSPS) is 11.7. The van der Waals surface area contributed by atoms with Crippen molar-refractivity contribution in [1.82, 2.24) is 4.98 Å². The van der Waals surface area contributed by atoms with E-state index in [1.165, 1.54) is 6.08 Å². The summed E-state index contributed by atoms with van der Waals surface area (Å²) in [7, 11) is 0. The zero-order valence-corrected chi connectivity index (χ0v) is 12.4. The molecule has 110 valence electrons. The van der Waals surface area contributed by atoms with Crippen molar-refractivity contribution in [3.8, 4) is 12.3 Å². The highest BCUT2D eigenvalue weighted by Crippen LogP contribution is 2.16. The molecular weight excluding hydrogens is 274 g/mol. The van der Waals surface area contributed by atoms with Crippen LogP contribution in [0.4, 0.5) is 0 Å². The van der Waals surface area contributed by atoms with Crippen LogP contribution in [0.15, 0.2) is 54.3 Å². The predicted molar refractivity (Wildman–Crippen MR) is 88.6 cm³/mol. The molecule has 3 nitrogen and oxygen atoms in total. The molecule has 0 unspecified atom stereocenters. The van der Waals surface area contributed by atoms with Gasteiger partial charge in [0.05, 0.1) is 0 Å². The van der Waals surface area contributed by atoms with E-state index in [0.29, 0.717) is 11.1 Å². The Balaban J connectivity index is 2.04. The van der Waals surface area contributed by atoms with Crippen molar-refractivity contribution in [2.45, 2.75) is 19.8 Å². The van der Waals surface area contributed by atoms with Crippen LogP contribution in [0, 0.1) is 12.3 Å². The van der Waals surface area contributed by atoms with E-state index in [0.717, 1.165) is 10.9 Å². The number of nitrogens with one attached hydrogen (secondary N) is 1. The maximum atomic E-state index is 12.2. The summed E-state index contributed by atoms with van der Waals surface area (Å²) in [5.41, 5.74) is 2.06. The summed E-state index contributed by atoms with van der Waals surface area (Å²) in [5.74, 6) is 2.18. The number of rotatable bonds is 6. The summed E-state index contributed by atoms with van der Waals surface area (Å²) >= 11 is 0. The Labute approximate surface area is 129 Å². The second kappa shape index (κ2) is 7.24. The average molecular weight is 291 g/mol. The standard InChI is InChI=1S/C19H17NO2/c1-3-5-14(6-4-2)18(21)9-10-19(22)16-7-8-17-15(13-16)11-12-20-17/h1,4-8,11-13,20H,9-10H2,2H3/b6-4-,14-5+. The van der Waals surface area contributed by atoms with Crippen molar-refractivity contribution in [2.24, 2.45) is 0 Å². The van der Waals surface area contributed by atoms with E-state index >= 15 is 0 Å². The Hall–Kier alpha value is -2.86. The Morgan fingerprint density at radius 1 is 1.27 bits per heavy atom. The van der Waals surface area contributed by atoms with Gasteiger partial charge in [0.25, 0.3) is 0 Å². The van der Waals surface area contributed by atoms with Gasteiger partial charge < -0.3 is 4.98 Å². The Kier molecular flexibility index (Phi) is 5.11. The number of Topliss-reactive ketones (excluding diaryl/α,β-unsaturated/α-hetero) is 2. The van der Waals surface area contributed by atoms with Gasteiger partial charge in [-0.3, -0.25) is 9.59 Å². The molecule has 2 rings (SSSR count). The smallest absolute Gasteiger partial charge is 0.163 e. The number of aromatic amines is 1. The summed E-state index contributed by atoms with van der Waals surface area (Å²) in [6, 6.07) is 7.39. The zero-order valence-electron chi connectivity index (χ0n) is 12.4. The highest BCUT2D eigenvalue weighted by Gasteiger charge is 2.12. The molecule has 1 heterocycles. The van der Waals surface area contributed by atoms with E-state index in [-0.39, 0.29) is 24.4 Å². The first-order valence-electron chi connectivity index (χ1n) is 7.08. The third-order valence-electron chi connectivity index (χ3n) is 3.36. The number of hydrogen-bond acceptors (Lipinski definition) is 2. The Bertz CT molecular complexity index is 800. The minimum Gasteiger partial charge on any atom is -0.361 e. The molecule has 0 bridgehead atoms. The molecule has 0 atom stereocenters. The minimum atomic E-state index is -0.118. The van der Waals surface area contributed by atoms with Crippen LogP contribution in [0.2, 0.25) is 0 Å².